The minimum atomic E-state index is -4.16. The maximum Gasteiger partial charge on any atom is 0.330 e. The minimum Gasteiger partial charge on any atom is -0.397 e. The Morgan fingerprint density at radius 3 is 2.48 bits per heavy atom. The van der Waals surface area contributed by atoms with Crippen LogP contribution in [0.4, 0.5) is 11.5 Å². The van der Waals surface area contributed by atoms with Crippen LogP contribution < -0.4 is 21.7 Å². The standard InChI is InChI=1S/C11H13N5O4S/c1-15-6-8(10(17)16(2)11(15)18)21(19,20)14-9-4-3-7(12)5-13-9/h3-6H,12H2,1-2H3,(H,13,14). The van der Waals surface area contributed by atoms with Crippen LogP contribution in [0.3, 0.4) is 0 Å². The lowest BCUT2D eigenvalue weighted by molar-refractivity contribution is 0.589. The lowest BCUT2D eigenvalue weighted by atomic mass is 10.4. The highest BCUT2D eigenvalue weighted by molar-refractivity contribution is 7.92. The molecule has 3 N–H and O–H groups in total. The molecule has 9 nitrogen and oxygen atoms in total. The fourth-order valence-electron chi connectivity index (χ4n) is 1.62. The number of aromatic nitrogens is 3. The SMILES string of the molecule is Cn1cc(S(=O)(=O)Nc2ccc(N)cn2)c(=O)n(C)c1=O. The predicted octanol–water partition coefficient (Wildman–Crippen LogP) is -1.14. The Hall–Kier alpha value is -2.62. The molecule has 0 fully saturated rings. The fourth-order valence-corrected chi connectivity index (χ4v) is 2.79. The van der Waals surface area contributed by atoms with Gasteiger partial charge in [0.2, 0.25) is 0 Å². The Balaban J connectivity index is 2.53. The number of hydrogen-bond acceptors (Lipinski definition) is 6. The highest BCUT2D eigenvalue weighted by Gasteiger charge is 2.21. The molecule has 0 saturated heterocycles. The first-order valence-corrected chi connectivity index (χ1v) is 7.21. The Morgan fingerprint density at radius 1 is 1.24 bits per heavy atom. The van der Waals surface area contributed by atoms with Gasteiger partial charge in [-0.3, -0.25) is 14.1 Å². The van der Waals surface area contributed by atoms with Crippen molar-refractivity contribution in [3.8, 4) is 0 Å². The van der Waals surface area contributed by atoms with E-state index in [1.165, 1.54) is 32.4 Å². The van der Waals surface area contributed by atoms with E-state index in [2.05, 4.69) is 9.71 Å². The molecule has 21 heavy (non-hydrogen) atoms. The molecule has 0 amide bonds. The van der Waals surface area contributed by atoms with E-state index in [0.29, 0.717) is 10.3 Å². The summed E-state index contributed by atoms with van der Waals surface area (Å²) in [6.07, 6.45) is 2.24. The van der Waals surface area contributed by atoms with Gasteiger partial charge >= 0.3 is 5.69 Å². The van der Waals surface area contributed by atoms with E-state index in [0.717, 1.165) is 10.8 Å². The number of pyridine rings is 1. The van der Waals surface area contributed by atoms with Crippen molar-refractivity contribution >= 4 is 21.5 Å². The number of sulfonamides is 1. The quantitative estimate of drug-likeness (QED) is 0.737. The number of nitrogen functional groups attached to an aromatic ring is 1. The topological polar surface area (TPSA) is 129 Å². The molecule has 0 spiro atoms. The van der Waals surface area contributed by atoms with E-state index in [1.807, 2.05) is 0 Å². The van der Waals surface area contributed by atoms with Crippen LogP contribution in [0.25, 0.3) is 0 Å². The summed E-state index contributed by atoms with van der Waals surface area (Å²) in [4.78, 5) is 26.7. The molecule has 2 aromatic heterocycles. The van der Waals surface area contributed by atoms with Gasteiger partial charge in [-0.2, -0.15) is 0 Å². The molecule has 2 rings (SSSR count). The monoisotopic (exact) mass is 311 g/mol. The highest BCUT2D eigenvalue weighted by atomic mass is 32.2. The van der Waals surface area contributed by atoms with Crippen molar-refractivity contribution in [3.05, 3.63) is 45.4 Å². The molecule has 0 bridgehead atoms. The molecule has 0 aromatic carbocycles. The summed E-state index contributed by atoms with van der Waals surface area (Å²) < 4.78 is 28.3. The van der Waals surface area contributed by atoms with Gasteiger partial charge in [-0.1, -0.05) is 0 Å². The van der Waals surface area contributed by atoms with Gasteiger partial charge in [0.05, 0.1) is 11.9 Å². The van der Waals surface area contributed by atoms with Crippen molar-refractivity contribution in [2.75, 3.05) is 10.5 Å². The summed E-state index contributed by atoms with van der Waals surface area (Å²) in [6, 6.07) is 2.82. The summed E-state index contributed by atoms with van der Waals surface area (Å²) in [7, 11) is -1.62. The third-order valence-corrected chi connectivity index (χ3v) is 4.07. The molecule has 0 atom stereocenters. The van der Waals surface area contributed by atoms with E-state index in [4.69, 9.17) is 5.73 Å². The van der Waals surface area contributed by atoms with Gasteiger partial charge < -0.3 is 10.3 Å². The lowest BCUT2D eigenvalue weighted by Crippen LogP contribution is -2.40. The summed E-state index contributed by atoms with van der Waals surface area (Å²) in [6.45, 7) is 0. The lowest BCUT2D eigenvalue weighted by Gasteiger charge is -2.09. The van der Waals surface area contributed by atoms with E-state index in [1.54, 1.807) is 0 Å². The molecule has 0 unspecified atom stereocenters. The molecule has 0 aliphatic carbocycles. The molecule has 0 aliphatic heterocycles. The fraction of sp³-hybridized carbons (Fsp3) is 0.182. The summed E-state index contributed by atoms with van der Waals surface area (Å²) in [5.41, 5.74) is 4.29. The molecular weight excluding hydrogens is 298 g/mol. The maximum absolute atomic E-state index is 12.2. The molecule has 2 aromatic rings. The van der Waals surface area contributed by atoms with E-state index in [-0.39, 0.29) is 5.82 Å². The van der Waals surface area contributed by atoms with Crippen LogP contribution in [0.5, 0.6) is 0 Å². The number of hydrogen-bond donors (Lipinski definition) is 2. The second-order valence-corrected chi connectivity index (χ2v) is 5.98. The van der Waals surface area contributed by atoms with Crippen LogP contribution in [0.15, 0.2) is 39.0 Å². The highest BCUT2D eigenvalue weighted by Crippen LogP contribution is 2.11. The largest absolute Gasteiger partial charge is 0.397 e. The molecule has 0 aliphatic rings. The van der Waals surface area contributed by atoms with Gasteiger partial charge in [0.1, 0.15) is 5.82 Å². The summed E-state index contributed by atoms with van der Waals surface area (Å²) in [5.74, 6) is 0.0140. The number of anilines is 2. The first kappa shape index (κ1) is 14.8. The number of nitrogens with two attached hydrogens (primary N) is 1. The smallest absolute Gasteiger partial charge is 0.330 e. The number of aryl methyl sites for hydroxylation is 1. The second kappa shape index (κ2) is 5.05. The van der Waals surface area contributed by atoms with Crippen molar-refractivity contribution in [1.29, 1.82) is 0 Å². The average Bonchev–Trinajstić information content (AvgIpc) is 2.42. The number of nitrogens with zero attached hydrogens (tertiary/aromatic N) is 3. The maximum atomic E-state index is 12.2. The van der Waals surface area contributed by atoms with Gasteiger partial charge in [-0.05, 0) is 12.1 Å². The Morgan fingerprint density at radius 2 is 1.90 bits per heavy atom. The number of nitrogens with one attached hydrogen (secondary N) is 1. The van der Waals surface area contributed by atoms with Crippen molar-refractivity contribution in [2.45, 2.75) is 4.90 Å². The summed E-state index contributed by atoms with van der Waals surface area (Å²) >= 11 is 0. The van der Waals surface area contributed by atoms with Crippen LogP contribution in [0.2, 0.25) is 0 Å². The van der Waals surface area contributed by atoms with E-state index in [9.17, 15) is 18.0 Å². The van der Waals surface area contributed by atoms with E-state index < -0.39 is 26.2 Å². The van der Waals surface area contributed by atoms with Crippen LogP contribution >= 0.6 is 0 Å². The van der Waals surface area contributed by atoms with Crippen LogP contribution in [0, 0.1) is 0 Å². The molecule has 10 heteroatoms. The normalized spacial score (nSPS) is 11.3. The van der Waals surface area contributed by atoms with Gasteiger partial charge in [-0.15, -0.1) is 0 Å². The third kappa shape index (κ3) is 2.79. The van der Waals surface area contributed by atoms with Crippen molar-refractivity contribution in [2.24, 2.45) is 14.1 Å². The molecule has 0 saturated carbocycles. The van der Waals surface area contributed by atoms with Gasteiger partial charge in [0, 0.05) is 20.3 Å². The van der Waals surface area contributed by atoms with Crippen LogP contribution in [-0.4, -0.2) is 22.5 Å². The van der Waals surface area contributed by atoms with Gasteiger partial charge in [0.25, 0.3) is 15.6 Å². The minimum absolute atomic E-state index is 0.0140. The van der Waals surface area contributed by atoms with Crippen molar-refractivity contribution in [1.82, 2.24) is 14.1 Å². The van der Waals surface area contributed by atoms with Crippen LogP contribution in [-0.2, 0) is 24.1 Å². The first-order chi connectivity index (χ1) is 9.72. The zero-order chi connectivity index (χ0) is 15.8. The predicted molar refractivity (Wildman–Crippen MR) is 76.4 cm³/mol. The second-order valence-electron chi connectivity index (χ2n) is 4.33. The van der Waals surface area contributed by atoms with Crippen LogP contribution in [0.1, 0.15) is 0 Å². The van der Waals surface area contributed by atoms with Gasteiger partial charge in [0.15, 0.2) is 4.90 Å². The van der Waals surface area contributed by atoms with Crippen molar-refractivity contribution < 1.29 is 8.42 Å². The van der Waals surface area contributed by atoms with E-state index >= 15 is 0 Å². The number of rotatable bonds is 3. The van der Waals surface area contributed by atoms with Gasteiger partial charge in [-0.25, -0.2) is 18.2 Å². The Kier molecular flexibility index (Phi) is 3.56. The Bertz CT molecular complexity index is 896. The Labute approximate surface area is 119 Å². The third-order valence-electron chi connectivity index (χ3n) is 2.73. The van der Waals surface area contributed by atoms with Crippen molar-refractivity contribution in [3.63, 3.8) is 0 Å². The summed E-state index contributed by atoms with van der Waals surface area (Å²) in [5, 5.41) is 0. The molecule has 112 valence electrons. The molecule has 2 heterocycles. The average molecular weight is 311 g/mol. The zero-order valence-electron chi connectivity index (χ0n) is 11.3. The molecule has 0 radical (unpaired) electrons. The first-order valence-electron chi connectivity index (χ1n) is 5.73. The zero-order valence-corrected chi connectivity index (χ0v) is 12.1. The molecular formula is C11H13N5O4S.